The summed E-state index contributed by atoms with van der Waals surface area (Å²) in [5, 5.41) is 3.74. The molecule has 25 heavy (non-hydrogen) atoms. The molecule has 0 saturated heterocycles. The maximum absolute atomic E-state index is 12.6. The van der Waals surface area contributed by atoms with Gasteiger partial charge in [0.15, 0.2) is 4.77 Å². The number of rotatable bonds is 4. The molecule has 2 aromatic rings. The maximum atomic E-state index is 12.6. The van der Waals surface area contributed by atoms with E-state index in [4.69, 9.17) is 12.2 Å². The fraction of sp³-hybridized carbons (Fsp3) is 0.526. The van der Waals surface area contributed by atoms with Crippen LogP contribution in [0.1, 0.15) is 39.5 Å². The zero-order chi connectivity index (χ0) is 18.0. The van der Waals surface area contributed by atoms with Crippen molar-refractivity contribution in [2.45, 2.75) is 52.1 Å². The van der Waals surface area contributed by atoms with Crippen LogP contribution in [0.5, 0.6) is 0 Å². The molecule has 1 aromatic carbocycles. The Kier molecular flexibility index (Phi) is 5.37. The van der Waals surface area contributed by atoms with Gasteiger partial charge in [0.1, 0.15) is 0 Å². The molecule has 0 aliphatic heterocycles. The van der Waals surface area contributed by atoms with Crippen molar-refractivity contribution in [3.8, 4) is 0 Å². The molecule has 3 atom stereocenters. The number of carbonyl (C=O) groups excluding carboxylic acids is 1. The highest BCUT2D eigenvalue weighted by molar-refractivity contribution is 7.71. The summed E-state index contributed by atoms with van der Waals surface area (Å²) in [5.41, 5.74) is 0.579. The van der Waals surface area contributed by atoms with Crippen LogP contribution in [0.4, 0.5) is 0 Å². The number of amides is 1. The summed E-state index contributed by atoms with van der Waals surface area (Å²) in [5.74, 6) is 1.11. The number of nitrogens with one attached hydrogen (secondary N) is 2. The normalized spacial score (nSPS) is 23.5. The molecule has 134 valence electrons. The van der Waals surface area contributed by atoms with E-state index in [2.05, 4.69) is 24.1 Å². The summed E-state index contributed by atoms with van der Waals surface area (Å²) < 4.78 is 1.83. The lowest BCUT2D eigenvalue weighted by Crippen LogP contribution is -2.44. The molecule has 0 radical (unpaired) electrons. The van der Waals surface area contributed by atoms with Crippen LogP contribution in [0.25, 0.3) is 10.9 Å². The number of aromatic amines is 1. The van der Waals surface area contributed by atoms with Crippen molar-refractivity contribution in [1.82, 2.24) is 14.9 Å². The highest BCUT2D eigenvalue weighted by Gasteiger charge is 2.27. The molecule has 5 nitrogen and oxygen atoms in total. The average Bonchev–Trinajstić information content (AvgIpc) is 2.59. The Morgan fingerprint density at radius 3 is 2.88 bits per heavy atom. The van der Waals surface area contributed by atoms with Gasteiger partial charge in [0.05, 0.1) is 10.9 Å². The van der Waals surface area contributed by atoms with Crippen LogP contribution in [-0.4, -0.2) is 21.5 Å². The van der Waals surface area contributed by atoms with E-state index in [-0.39, 0.29) is 23.9 Å². The van der Waals surface area contributed by atoms with Gasteiger partial charge < -0.3 is 10.3 Å². The molecule has 0 unspecified atom stereocenters. The van der Waals surface area contributed by atoms with Crippen molar-refractivity contribution in [2.24, 2.45) is 11.8 Å². The van der Waals surface area contributed by atoms with E-state index in [1.807, 2.05) is 18.2 Å². The minimum Gasteiger partial charge on any atom is -0.353 e. The SMILES string of the molecule is C[C@H]1[C@H](C)CCC[C@@H]1NC(=O)CCn1c(=S)[nH]c2ccccc2c1=O. The van der Waals surface area contributed by atoms with Crippen LogP contribution in [0.3, 0.4) is 0 Å². The van der Waals surface area contributed by atoms with Crippen molar-refractivity contribution >= 4 is 29.0 Å². The lowest BCUT2D eigenvalue weighted by Gasteiger charge is -2.34. The van der Waals surface area contributed by atoms with Crippen LogP contribution in [0.2, 0.25) is 0 Å². The lowest BCUT2D eigenvalue weighted by atomic mass is 9.78. The molecule has 6 heteroatoms. The fourth-order valence-electron chi connectivity index (χ4n) is 3.68. The molecular formula is C19H25N3O2S. The van der Waals surface area contributed by atoms with Gasteiger partial charge in [-0.15, -0.1) is 0 Å². The van der Waals surface area contributed by atoms with Gasteiger partial charge in [-0.2, -0.15) is 0 Å². The van der Waals surface area contributed by atoms with Crippen LogP contribution in [-0.2, 0) is 11.3 Å². The van der Waals surface area contributed by atoms with E-state index < -0.39 is 0 Å². The summed E-state index contributed by atoms with van der Waals surface area (Å²) in [7, 11) is 0. The second-order valence-electron chi connectivity index (χ2n) is 7.12. The maximum Gasteiger partial charge on any atom is 0.262 e. The molecule has 0 spiro atoms. The number of benzene rings is 1. The molecule has 2 N–H and O–H groups in total. The first-order valence-corrected chi connectivity index (χ1v) is 9.39. The molecule has 1 fully saturated rings. The molecule has 1 saturated carbocycles. The summed E-state index contributed by atoms with van der Waals surface area (Å²) in [6, 6.07) is 7.51. The number of para-hydroxylation sites is 1. The predicted molar refractivity (Wildman–Crippen MR) is 102 cm³/mol. The highest BCUT2D eigenvalue weighted by atomic mass is 32.1. The number of H-pyrrole nitrogens is 1. The highest BCUT2D eigenvalue weighted by Crippen LogP contribution is 2.29. The first-order chi connectivity index (χ1) is 12.0. The third-order valence-corrected chi connectivity index (χ3v) is 5.83. The smallest absolute Gasteiger partial charge is 0.262 e. The molecule has 1 aromatic heterocycles. The van der Waals surface area contributed by atoms with Crippen LogP contribution in [0, 0.1) is 16.6 Å². The van der Waals surface area contributed by atoms with Gasteiger partial charge in [0.2, 0.25) is 5.91 Å². The topological polar surface area (TPSA) is 66.9 Å². The Morgan fingerprint density at radius 2 is 2.08 bits per heavy atom. The predicted octanol–water partition coefficient (Wildman–Crippen LogP) is 3.39. The zero-order valence-corrected chi connectivity index (χ0v) is 15.6. The first kappa shape index (κ1) is 17.9. The Morgan fingerprint density at radius 1 is 1.32 bits per heavy atom. The van der Waals surface area contributed by atoms with E-state index in [1.54, 1.807) is 6.07 Å². The van der Waals surface area contributed by atoms with Gasteiger partial charge in [0.25, 0.3) is 5.56 Å². The van der Waals surface area contributed by atoms with E-state index in [1.165, 1.54) is 11.0 Å². The fourth-order valence-corrected chi connectivity index (χ4v) is 3.96. The number of aromatic nitrogens is 2. The summed E-state index contributed by atoms with van der Waals surface area (Å²) >= 11 is 5.29. The Bertz CT molecular complexity index is 886. The van der Waals surface area contributed by atoms with Gasteiger partial charge in [0, 0.05) is 19.0 Å². The molecule has 0 bridgehead atoms. The van der Waals surface area contributed by atoms with Crippen molar-refractivity contribution in [1.29, 1.82) is 0 Å². The van der Waals surface area contributed by atoms with Crippen molar-refractivity contribution in [3.63, 3.8) is 0 Å². The van der Waals surface area contributed by atoms with Gasteiger partial charge in [-0.1, -0.05) is 38.8 Å². The standard InChI is InChI=1S/C19H25N3O2S/c1-12-6-5-9-15(13(12)2)20-17(23)10-11-22-18(24)14-7-3-4-8-16(14)21-19(22)25/h3-4,7-8,12-13,15H,5-6,9-11H2,1-2H3,(H,20,23)(H,21,25)/t12-,13+,15+/m1/s1. The molecule has 1 aliphatic carbocycles. The number of fused-ring (bicyclic) bond motifs is 1. The minimum atomic E-state index is -0.146. The lowest BCUT2D eigenvalue weighted by molar-refractivity contribution is -0.122. The van der Waals surface area contributed by atoms with Gasteiger partial charge in [-0.3, -0.25) is 14.2 Å². The Balaban J connectivity index is 1.69. The minimum absolute atomic E-state index is 0.0135. The van der Waals surface area contributed by atoms with E-state index in [0.717, 1.165) is 18.4 Å². The largest absolute Gasteiger partial charge is 0.353 e. The molecule has 1 aliphatic rings. The van der Waals surface area contributed by atoms with Crippen molar-refractivity contribution in [2.75, 3.05) is 0 Å². The molecule has 1 heterocycles. The van der Waals surface area contributed by atoms with E-state index in [0.29, 0.717) is 28.5 Å². The van der Waals surface area contributed by atoms with Gasteiger partial charge in [-0.25, -0.2) is 0 Å². The number of hydrogen-bond acceptors (Lipinski definition) is 3. The van der Waals surface area contributed by atoms with Crippen LogP contribution < -0.4 is 10.9 Å². The van der Waals surface area contributed by atoms with Gasteiger partial charge in [-0.05, 0) is 42.6 Å². The molecule has 3 rings (SSSR count). The average molecular weight is 359 g/mol. The zero-order valence-electron chi connectivity index (χ0n) is 14.7. The monoisotopic (exact) mass is 359 g/mol. The summed E-state index contributed by atoms with van der Waals surface area (Å²) in [6.45, 7) is 4.75. The van der Waals surface area contributed by atoms with Crippen LogP contribution in [0.15, 0.2) is 29.1 Å². The number of hydrogen-bond donors (Lipinski definition) is 2. The van der Waals surface area contributed by atoms with Crippen molar-refractivity contribution in [3.05, 3.63) is 39.4 Å². The van der Waals surface area contributed by atoms with E-state index in [9.17, 15) is 9.59 Å². The first-order valence-electron chi connectivity index (χ1n) is 8.98. The van der Waals surface area contributed by atoms with Crippen molar-refractivity contribution < 1.29 is 4.79 Å². The summed E-state index contributed by atoms with van der Waals surface area (Å²) in [6.07, 6.45) is 3.68. The number of nitrogens with zero attached hydrogens (tertiary/aromatic N) is 1. The van der Waals surface area contributed by atoms with Crippen LogP contribution >= 0.6 is 12.2 Å². The van der Waals surface area contributed by atoms with E-state index >= 15 is 0 Å². The second kappa shape index (κ2) is 7.52. The quantitative estimate of drug-likeness (QED) is 0.822. The summed E-state index contributed by atoms with van der Waals surface area (Å²) in [4.78, 5) is 28.0. The molecular weight excluding hydrogens is 334 g/mol. The molecule has 1 amide bonds. The second-order valence-corrected chi connectivity index (χ2v) is 7.51. The Hall–Kier alpha value is -1.95. The Labute approximate surface area is 152 Å². The number of carbonyl (C=O) groups is 1. The third-order valence-electron chi connectivity index (χ3n) is 5.51. The third kappa shape index (κ3) is 3.84. The van der Waals surface area contributed by atoms with Gasteiger partial charge >= 0.3 is 0 Å².